The fraction of sp³-hybridized carbons (Fsp3) is 0.263. The third-order valence-electron chi connectivity index (χ3n) is 4.35. The second kappa shape index (κ2) is 6.24. The highest BCUT2D eigenvalue weighted by Gasteiger charge is 2.37. The van der Waals surface area contributed by atoms with Crippen molar-refractivity contribution in [2.75, 3.05) is 19.1 Å². The molecular weight excluding hydrogens is 320 g/mol. The number of carbonyl (C=O) groups is 1. The van der Waals surface area contributed by atoms with Crippen LogP contribution in [0.25, 0.3) is 0 Å². The molecule has 1 aliphatic heterocycles. The maximum absolute atomic E-state index is 11.5. The normalized spacial score (nSPS) is 17.5. The van der Waals surface area contributed by atoms with Gasteiger partial charge in [0.05, 0.1) is 7.11 Å². The lowest BCUT2D eigenvalue weighted by Gasteiger charge is -2.23. The zero-order valence-corrected chi connectivity index (χ0v) is 15.1. The van der Waals surface area contributed by atoms with Gasteiger partial charge in [-0.1, -0.05) is 32.0 Å². The first-order valence-corrected chi connectivity index (χ1v) is 8.53. The number of methoxy groups -OCH3 is 1. The summed E-state index contributed by atoms with van der Waals surface area (Å²) in [5, 5.41) is 0.781. The molecule has 3 rings (SSSR count). The SMILES string of the molecule is COC(=O)c1ccc(N=CC=C2N(C)c3ccccc3C2(C)C)s1. The van der Waals surface area contributed by atoms with Crippen molar-refractivity contribution < 1.29 is 9.53 Å². The van der Waals surface area contributed by atoms with Gasteiger partial charge in [-0.15, -0.1) is 11.3 Å². The number of para-hydroxylation sites is 1. The van der Waals surface area contributed by atoms with Crippen molar-refractivity contribution in [3.63, 3.8) is 0 Å². The quantitative estimate of drug-likeness (QED) is 0.608. The van der Waals surface area contributed by atoms with Gasteiger partial charge in [-0.3, -0.25) is 0 Å². The number of ether oxygens (including phenoxy) is 1. The Kier molecular flexibility index (Phi) is 4.28. The Balaban J connectivity index is 1.85. The van der Waals surface area contributed by atoms with Crippen LogP contribution in [0.5, 0.6) is 0 Å². The first-order chi connectivity index (χ1) is 11.4. The Hall–Kier alpha value is -2.40. The van der Waals surface area contributed by atoms with Crippen LogP contribution in [-0.4, -0.2) is 26.3 Å². The van der Waals surface area contributed by atoms with Gasteiger partial charge in [-0.2, -0.15) is 0 Å². The smallest absolute Gasteiger partial charge is 0.348 e. The number of likely N-dealkylation sites (N-methyl/N-ethyl adjacent to an activating group) is 1. The number of nitrogens with zero attached hydrogens (tertiary/aromatic N) is 2. The number of hydrogen-bond donors (Lipinski definition) is 0. The molecule has 0 atom stereocenters. The molecule has 0 fully saturated rings. The molecule has 0 radical (unpaired) electrons. The van der Waals surface area contributed by atoms with E-state index in [1.165, 1.54) is 35.4 Å². The zero-order valence-electron chi connectivity index (χ0n) is 14.2. The van der Waals surface area contributed by atoms with E-state index in [0.29, 0.717) is 4.88 Å². The molecule has 1 aromatic carbocycles. The van der Waals surface area contributed by atoms with E-state index in [1.54, 1.807) is 12.3 Å². The Bertz CT molecular complexity index is 833. The number of aliphatic imine (C=N–C) groups is 1. The van der Waals surface area contributed by atoms with E-state index in [4.69, 9.17) is 4.74 Å². The monoisotopic (exact) mass is 340 g/mol. The molecular formula is C19H20N2O2S. The molecule has 0 saturated heterocycles. The molecule has 4 nitrogen and oxygen atoms in total. The summed E-state index contributed by atoms with van der Waals surface area (Å²) in [6.07, 6.45) is 3.84. The number of carbonyl (C=O) groups excluding carboxylic acids is 1. The van der Waals surface area contributed by atoms with Gasteiger partial charge in [0.15, 0.2) is 0 Å². The van der Waals surface area contributed by atoms with Crippen LogP contribution in [0.1, 0.15) is 29.1 Å². The fourth-order valence-corrected chi connectivity index (χ4v) is 3.87. The van der Waals surface area contributed by atoms with Crippen LogP contribution in [0.2, 0.25) is 0 Å². The predicted octanol–water partition coefficient (Wildman–Crippen LogP) is 4.55. The summed E-state index contributed by atoms with van der Waals surface area (Å²) in [5.74, 6) is -0.327. The molecule has 0 unspecified atom stereocenters. The third-order valence-corrected chi connectivity index (χ3v) is 5.33. The summed E-state index contributed by atoms with van der Waals surface area (Å²) in [6.45, 7) is 4.44. The molecule has 0 aliphatic carbocycles. The van der Waals surface area contributed by atoms with Crippen LogP contribution in [-0.2, 0) is 10.2 Å². The number of benzene rings is 1. The molecule has 1 aromatic heterocycles. The summed E-state index contributed by atoms with van der Waals surface area (Å²) in [5.41, 5.74) is 3.67. The minimum Gasteiger partial charge on any atom is -0.465 e. The number of thiophene rings is 1. The van der Waals surface area contributed by atoms with E-state index in [2.05, 4.69) is 55.1 Å². The third kappa shape index (κ3) is 2.76. The lowest BCUT2D eigenvalue weighted by molar-refractivity contribution is 0.0606. The van der Waals surface area contributed by atoms with E-state index in [-0.39, 0.29) is 11.4 Å². The fourth-order valence-electron chi connectivity index (χ4n) is 3.09. The van der Waals surface area contributed by atoms with Gasteiger partial charge >= 0.3 is 5.97 Å². The molecule has 0 bridgehead atoms. The lowest BCUT2D eigenvalue weighted by Crippen LogP contribution is -2.22. The molecule has 0 amide bonds. The van der Waals surface area contributed by atoms with Crippen molar-refractivity contribution >= 4 is 34.2 Å². The number of hydrogen-bond acceptors (Lipinski definition) is 5. The van der Waals surface area contributed by atoms with Crippen LogP contribution in [0.4, 0.5) is 10.7 Å². The molecule has 24 heavy (non-hydrogen) atoms. The highest BCUT2D eigenvalue weighted by Crippen LogP contribution is 2.46. The van der Waals surface area contributed by atoms with Gasteiger partial charge < -0.3 is 9.64 Å². The minimum absolute atomic E-state index is 0.0655. The van der Waals surface area contributed by atoms with Crippen LogP contribution >= 0.6 is 11.3 Å². The van der Waals surface area contributed by atoms with Crippen molar-refractivity contribution in [1.82, 2.24) is 0 Å². The van der Waals surface area contributed by atoms with Crippen LogP contribution in [0, 0.1) is 0 Å². The average molecular weight is 340 g/mol. The maximum atomic E-state index is 11.5. The van der Waals surface area contributed by atoms with Gasteiger partial charge in [0.2, 0.25) is 0 Å². The molecule has 2 heterocycles. The first kappa shape index (κ1) is 16.5. The summed E-state index contributed by atoms with van der Waals surface area (Å²) in [7, 11) is 3.46. The summed E-state index contributed by atoms with van der Waals surface area (Å²) >= 11 is 1.32. The lowest BCUT2D eigenvalue weighted by atomic mass is 9.84. The molecule has 5 heteroatoms. The first-order valence-electron chi connectivity index (χ1n) is 7.71. The number of esters is 1. The standard InChI is InChI=1S/C19H20N2O2S/c1-19(2)13-7-5-6-8-14(13)21(3)16(19)11-12-20-17-10-9-15(24-17)18(22)23-4/h5-12H,1-4H3. The van der Waals surface area contributed by atoms with E-state index >= 15 is 0 Å². The van der Waals surface area contributed by atoms with Gasteiger partial charge in [0.1, 0.15) is 9.88 Å². The van der Waals surface area contributed by atoms with Crippen molar-refractivity contribution in [2.24, 2.45) is 4.99 Å². The molecule has 0 saturated carbocycles. The molecule has 0 spiro atoms. The van der Waals surface area contributed by atoms with Crippen LogP contribution in [0.15, 0.2) is 53.2 Å². The Morgan fingerprint density at radius 2 is 2.00 bits per heavy atom. The van der Waals surface area contributed by atoms with Crippen molar-refractivity contribution in [1.29, 1.82) is 0 Å². The second-order valence-corrected chi connectivity index (χ2v) is 7.22. The molecule has 2 aromatic rings. The Labute approximate surface area is 146 Å². The number of allylic oxidation sites excluding steroid dienone is 2. The van der Waals surface area contributed by atoms with Gasteiger partial charge in [0, 0.05) is 30.1 Å². The van der Waals surface area contributed by atoms with Crippen molar-refractivity contribution in [3.8, 4) is 0 Å². The number of fused-ring (bicyclic) bond motifs is 1. The maximum Gasteiger partial charge on any atom is 0.348 e. The average Bonchev–Trinajstić information content (AvgIpc) is 3.12. The van der Waals surface area contributed by atoms with E-state index in [1.807, 2.05) is 12.1 Å². The highest BCUT2D eigenvalue weighted by molar-refractivity contribution is 7.17. The predicted molar refractivity (Wildman–Crippen MR) is 99.8 cm³/mol. The van der Waals surface area contributed by atoms with Gasteiger partial charge in [-0.05, 0) is 29.8 Å². The van der Waals surface area contributed by atoms with Crippen molar-refractivity contribution in [2.45, 2.75) is 19.3 Å². The Morgan fingerprint density at radius 3 is 2.71 bits per heavy atom. The second-order valence-electron chi connectivity index (χ2n) is 6.16. The van der Waals surface area contributed by atoms with Crippen LogP contribution < -0.4 is 4.90 Å². The van der Waals surface area contributed by atoms with Gasteiger partial charge in [0.25, 0.3) is 0 Å². The van der Waals surface area contributed by atoms with Crippen molar-refractivity contribution in [3.05, 3.63) is 58.6 Å². The zero-order chi connectivity index (χ0) is 17.3. The van der Waals surface area contributed by atoms with E-state index in [0.717, 1.165) is 5.00 Å². The largest absolute Gasteiger partial charge is 0.465 e. The Morgan fingerprint density at radius 1 is 1.25 bits per heavy atom. The van der Waals surface area contributed by atoms with Gasteiger partial charge in [-0.25, -0.2) is 9.79 Å². The van der Waals surface area contributed by atoms with E-state index < -0.39 is 0 Å². The van der Waals surface area contributed by atoms with Crippen LogP contribution in [0.3, 0.4) is 0 Å². The number of rotatable bonds is 3. The summed E-state index contributed by atoms with van der Waals surface area (Å²) in [4.78, 5) is 18.7. The topological polar surface area (TPSA) is 41.9 Å². The highest BCUT2D eigenvalue weighted by atomic mass is 32.1. The molecule has 1 aliphatic rings. The molecule has 0 N–H and O–H groups in total. The molecule has 124 valence electrons. The minimum atomic E-state index is -0.327. The summed E-state index contributed by atoms with van der Waals surface area (Å²) in [6, 6.07) is 12.0. The number of anilines is 1. The summed E-state index contributed by atoms with van der Waals surface area (Å²) < 4.78 is 4.71. The van der Waals surface area contributed by atoms with E-state index in [9.17, 15) is 4.79 Å².